The fourth-order valence-corrected chi connectivity index (χ4v) is 6.94. The summed E-state index contributed by atoms with van der Waals surface area (Å²) >= 11 is 6.05. The number of hydrogen-bond donors (Lipinski definition) is 0. The van der Waals surface area contributed by atoms with Crippen LogP contribution in [0.1, 0.15) is 59.3 Å². The molecule has 2 aromatic rings. The highest BCUT2D eigenvalue weighted by atomic mass is 35.5. The fourth-order valence-electron chi connectivity index (χ4n) is 6.80. The average Bonchev–Trinajstić information content (AvgIpc) is 3.41. The number of aromatic nitrogens is 3. The Kier molecular flexibility index (Phi) is 6.61. The van der Waals surface area contributed by atoms with E-state index in [9.17, 15) is 4.79 Å². The summed E-state index contributed by atoms with van der Waals surface area (Å²) in [4.78, 5) is 32.7. The molecular weight excluding hydrogens is 523 g/mol. The number of rotatable bonds is 4. The highest BCUT2D eigenvalue weighted by Gasteiger charge is 2.46. The summed E-state index contributed by atoms with van der Waals surface area (Å²) in [7, 11) is 0. The van der Waals surface area contributed by atoms with Gasteiger partial charge in [-0.3, -0.25) is 9.80 Å². The maximum absolute atomic E-state index is 15.2. The van der Waals surface area contributed by atoms with Crippen molar-refractivity contribution < 1.29 is 18.7 Å². The molecule has 210 valence electrons. The molecule has 3 atom stereocenters. The molecule has 4 aliphatic rings. The molecule has 2 aromatic heterocycles. The van der Waals surface area contributed by atoms with Gasteiger partial charge in [0.15, 0.2) is 11.0 Å². The summed E-state index contributed by atoms with van der Waals surface area (Å²) in [5, 5.41) is 0.234. The number of anilines is 1. The fraction of sp³-hybridized carbons (Fsp3) is 0.643. The van der Waals surface area contributed by atoms with E-state index in [0.29, 0.717) is 30.9 Å². The van der Waals surface area contributed by atoms with Crippen LogP contribution >= 0.6 is 11.6 Å². The van der Waals surface area contributed by atoms with Crippen molar-refractivity contribution in [3.8, 4) is 6.01 Å². The van der Waals surface area contributed by atoms with Gasteiger partial charge in [0.05, 0.1) is 23.0 Å². The molecule has 39 heavy (non-hydrogen) atoms. The zero-order valence-electron chi connectivity index (χ0n) is 22.9. The van der Waals surface area contributed by atoms with E-state index >= 15 is 4.39 Å². The largest absolute Gasteiger partial charge is 0.461 e. The van der Waals surface area contributed by atoms with E-state index in [0.717, 1.165) is 51.6 Å². The molecule has 6 heterocycles. The maximum atomic E-state index is 15.2. The van der Waals surface area contributed by atoms with Crippen LogP contribution in [0.5, 0.6) is 6.01 Å². The first-order chi connectivity index (χ1) is 18.5. The third kappa shape index (κ3) is 4.90. The van der Waals surface area contributed by atoms with Crippen molar-refractivity contribution >= 4 is 34.4 Å². The number of pyridine rings is 1. The average molecular weight is 559 g/mol. The molecule has 0 aliphatic carbocycles. The maximum Gasteiger partial charge on any atom is 0.410 e. The summed E-state index contributed by atoms with van der Waals surface area (Å²) < 4.78 is 27.2. The Morgan fingerprint density at radius 2 is 1.97 bits per heavy atom. The van der Waals surface area contributed by atoms with Crippen molar-refractivity contribution in [2.45, 2.75) is 82.5 Å². The van der Waals surface area contributed by atoms with Crippen LogP contribution in [0.3, 0.4) is 0 Å². The normalized spacial score (nSPS) is 27.3. The Balaban J connectivity index is 1.30. The van der Waals surface area contributed by atoms with Gasteiger partial charge in [-0.25, -0.2) is 14.2 Å². The van der Waals surface area contributed by atoms with Gasteiger partial charge in [-0.2, -0.15) is 9.97 Å². The molecule has 4 fully saturated rings. The number of piperazine rings is 1. The second-order valence-corrected chi connectivity index (χ2v) is 12.8. The van der Waals surface area contributed by atoms with Crippen LogP contribution < -0.4 is 9.64 Å². The van der Waals surface area contributed by atoms with Crippen molar-refractivity contribution in [2.75, 3.05) is 37.7 Å². The number of nitrogens with zero attached hydrogens (tertiary/aromatic N) is 6. The van der Waals surface area contributed by atoms with Crippen molar-refractivity contribution in [3.05, 3.63) is 29.3 Å². The van der Waals surface area contributed by atoms with Crippen LogP contribution in [-0.4, -0.2) is 86.9 Å². The van der Waals surface area contributed by atoms with Crippen LogP contribution in [0.2, 0.25) is 5.15 Å². The number of amides is 1. The topological polar surface area (TPSA) is 83.9 Å². The van der Waals surface area contributed by atoms with Crippen LogP contribution in [0.25, 0.3) is 10.9 Å². The lowest BCUT2D eigenvalue weighted by Crippen LogP contribution is -2.57. The van der Waals surface area contributed by atoms with Gasteiger partial charge in [0.1, 0.15) is 23.5 Å². The SMILES string of the molecule is C=C1CCN2CCCC2(COc2nc(N3C[C@H]4CC[C@@H](C3)N4C(=O)OC(C)(C)C)c3cnc(Cl)c(F)c3n2)C1. The lowest BCUT2D eigenvalue weighted by molar-refractivity contribution is 0.0122. The van der Waals surface area contributed by atoms with Crippen molar-refractivity contribution in [1.82, 2.24) is 24.8 Å². The van der Waals surface area contributed by atoms with Gasteiger partial charge in [-0.1, -0.05) is 23.8 Å². The molecule has 0 radical (unpaired) electrons. The summed E-state index contributed by atoms with van der Waals surface area (Å²) in [5.74, 6) is -0.141. The van der Waals surface area contributed by atoms with Gasteiger partial charge in [0.25, 0.3) is 0 Å². The molecular formula is C28H36ClFN6O3. The second-order valence-electron chi connectivity index (χ2n) is 12.4. The minimum atomic E-state index is -0.690. The van der Waals surface area contributed by atoms with E-state index in [4.69, 9.17) is 26.1 Å². The molecule has 4 aliphatic heterocycles. The Morgan fingerprint density at radius 1 is 1.23 bits per heavy atom. The molecule has 6 rings (SSSR count). The molecule has 1 unspecified atom stereocenters. The van der Waals surface area contributed by atoms with E-state index in [1.165, 1.54) is 11.8 Å². The summed E-state index contributed by atoms with van der Waals surface area (Å²) in [6, 6.07) is 0.0625. The second kappa shape index (κ2) is 9.73. The van der Waals surface area contributed by atoms with Crippen LogP contribution in [0.15, 0.2) is 18.3 Å². The van der Waals surface area contributed by atoms with Gasteiger partial charge >= 0.3 is 12.1 Å². The first kappa shape index (κ1) is 26.5. The Morgan fingerprint density at radius 3 is 2.69 bits per heavy atom. The molecule has 0 N–H and O–H groups in total. The number of piperidine rings is 1. The van der Waals surface area contributed by atoms with Gasteiger partial charge in [0, 0.05) is 25.8 Å². The number of fused-ring (bicyclic) bond motifs is 4. The lowest BCUT2D eigenvalue weighted by atomic mass is 9.85. The third-order valence-corrected chi connectivity index (χ3v) is 8.78. The Hall–Kier alpha value is -2.72. The zero-order valence-corrected chi connectivity index (χ0v) is 23.6. The van der Waals surface area contributed by atoms with E-state index in [-0.39, 0.29) is 40.4 Å². The molecule has 11 heteroatoms. The molecule has 9 nitrogen and oxygen atoms in total. The van der Waals surface area contributed by atoms with E-state index in [2.05, 4.69) is 26.3 Å². The van der Waals surface area contributed by atoms with Crippen LogP contribution in [-0.2, 0) is 4.74 Å². The van der Waals surface area contributed by atoms with Crippen molar-refractivity contribution in [2.24, 2.45) is 0 Å². The Labute approximate surface area is 233 Å². The van der Waals surface area contributed by atoms with E-state index in [1.807, 2.05) is 25.7 Å². The van der Waals surface area contributed by atoms with Gasteiger partial charge < -0.3 is 14.4 Å². The van der Waals surface area contributed by atoms with Crippen LogP contribution in [0, 0.1) is 5.82 Å². The standard InChI is InChI=1S/C28H36ClFN6O3/c1-17-8-11-35-10-5-9-28(35,12-17)16-38-25-32-22-20(13-31-23(29)21(22)30)24(33-25)34-14-18-6-7-19(15-34)36(18)26(37)39-27(2,3)4/h13,18-19H,1,5-12,14-16H2,2-4H3/t18-,19+,28?. The first-order valence-electron chi connectivity index (χ1n) is 13.9. The molecule has 0 saturated carbocycles. The molecule has 1 amide bonds. The smallest absolute Gasteiger partial charge is 0.410 e. The summed E-state index contributed by atoms with van der Waals surface area (Å²) in [6.07, 6.45) is 6.99. The minimum absolute atomic E-state index is 0.0303. The minimum Gasteiger partial charge on any atom is -0.461 e. The van der Waals surface area contributed by atoms with Gasteiger partial charge in [-0.15, -0.1) is 0 Å². The van der Waals surface area contributed by atoms with Crippen molar-refractivity contribution in [1.29, 1.82) is 0 Å². The monoisotopic (exact) mass is 558 g/mol. The predicted octanol–water partition coefficient (Wildman–Crippen LogP) is 4.97. The van der Waals surface area contributed by atoms with E-state index in [1.54, 1.807) is 0 Å². The Bertz CT molecular complexity index is 1300. The van der Waals surface area contributed by atoms with Crippen LogP contribution in [0.4, 0.5) is 15.0 Å². The third-order valence-electron chi connectivity index (χ3n) is 8.51. The molecule has 2 bridgehead atoms. The highest BCUT2D eigenvalue weighted by Crippen LogP contribution is 2.41. The number of halogens is 2. The number of carbonyl (C=O) groups excluding carboxylic acids is 1. The number of ether oxygens (including phenoxy) is 2. The number of hydrogen-bond acceptors (Lipinski definition) is 8. The highest BCUT2D eigenvalue weighted by molar-refractivity contribution is 6.30. The summed E-state index contributed by atoms with van der Waals surface area (Å²) in [5.41, 5.74) is 0.634. The van der Waals surface area contributed by atoms with Gasteiger partial charge in [-0.05, 0) is 65.8 Å². The molecule has 4 saturated heterocycles. The van der Waals surface area contributed by atoms with Gasteiger partial charge in [0.2, 0.25) is 0 Å². The van der Waals surface area contributed by atoms with Crippen molar-refractivity contribution in [3.63, 3.8) is 0 Å². The molecule has 0 aromatic carbocycles. The van der Waals surface area contributed by atoms with E-state index < -0.39 is 11.4 Å². The predicted molar refractivity (Wildman–Crippen MR) is 147 cm³/mol. The molecule has 0 spiro atoms. The summed E-state index contributed by atoms with van der Waals surface area (Å²) in [6.45, 7) is 13.4. The zero-order chi connectivity index (χ0) is 27.5. The number of carbonyl (C=O) groups is 1. The first-order valence-corrected chi connectivity index (χ1v) is 14.2. The quantitative estimate of drug-likeness (QED) is 0.384. The lowest BCUT2D eigenvalue weighted by Gasteiger charge is -2.43.